The molecular weight excluding hydrogens is 540 g/mol. The minimum absolute atomic E-state index is 0.00625. The monoisotopic (exact) mass is 586 g/mol. The summed E-state index contributed by atoms with van der Waals surface area (Å²) in [5.41, 5.74) is 3.87. The minimum Gasteiger partial charge on any atom is -0.478 e. The highest BCUT2D eigenvalue weighted by Gasteiger charge is 2.19. The third-order valence-corrected chi connectivity index (χ3v) is 7.77. The quantitative estimate of drug-likeness (QED) is 0.0691. The van der Waals surface area contributed by atoms with Crippen LogP contribution in [0.4, 0.5) is 0 Å². The molecule has 0 unspecified atom stereocenters. The van der Waals surface area contributed by atoms with E-state index in [9.17, 15) is 19.5 Å². The van der Waals surface area contributed by atoms with E-state index in [1.54, 1.807) is 13.0 Å². The fraction of sp³-hybridized carbons (Fsp3) is 0.432. The van der Waals surface area contributed by atoms with Crippen LogP contribution in [0.2, 0.25) is 0 Å². The normalized spacial score (nSPS) is 12.5. The van der Waals surface area contributed by atoms with E-state index >= 15 is 0 Å². The number of ether oxygens (including phenoxy) is 2. The number of rotatable bonds is 18. The van der Waals surface area contributed by atoms with Crippen molar-refractivity contribution in [2.45, 2.75) is 91.6 Å². The molecule has 43 heavy (non-hydrogen) atoms. The van der Waals surface area contributed by atoms with Crippen LogP contribution >= 0.6 is 0 Å². The van der Waals surface area contributed by atoms with Gasteiger partial charge in [-0.15, -0.1) is 0 Å². The smallest absolute Gasteiger partial charge is 0.340 e. The maximum atomic E-state index is 12.9. The number of carbonyl (C=O) groups excluding carboxylic acids is 2. The molecule has 0 aliphatic rings. The Bertz CT molecular complexity index is 1330. The van der Waals surface area contributed by atoms with Crippen molar-refractivity contribution in [3.63, 3.8) is 0 Å². The van der Waals surface area contributed by atoms with Crippen molar-refractivity contribution in [1.29, 1.82) is 0 Å². The van der Waals surface area contributed by atoms with E-state index in [0.717, 1.165) is 55.2 Å². The summed E-state index contributed by atoms with van der Waals surface area (Å²) in [7, 11) is 0. The van der Waals surface area contributed by atoms with Crippen molar-refractivity contribution in [2.24, 2.45) is 5.92 Å². The molecule has 2 atom stereocenters. The van der Waals surface area contributed by atoms with E-state index in [2.05, 4.69) is 13.8 Å². The minimum atomic E-state index is -1.07. The number of unbranched alkanes of at least 4 members (excludes halogenated alkanes) is 6. The van der Waals surface area contributed by atoms with Gasteiger partial charge < -0.3 is 14.6 Å². The molecule has 6 nitrogen and oxygen atoms in total. The van der Waals surface area contributed by atoms with Crippen molar-refractivity contribution in [3.8, 4) is 28.0 Å². The van der Waals surface area contributed by atoms with Gasteiger partial charge in [0, 0.05) is 18.1 Å². The fourth-order valence-electron chi connectivity index (χ4n) is 5.03. The van der Waals surface area contributed by atoms with Crippen LogP contribution in [0, 0.1) is 5.92 Å². The number of carboxylic acids is 1. The Balaban J connectivity index is 1.69. The number of ketones is 1. The Hall–Kier alpha value is -3.77. The summed E-state index contributed by atoms with van der Waals surface area (Å²) in [4.78, 5) is 37.4. The molecule has 3 aromatic rings. The first-order valence-electron chi connectivity index (χ1n) is 15.7. The first kappa shape index (κ1) is 33.7. The lowest BCUT2D eigenvalue weighted by Gasteiger charge is -2.14. The predicted molar refractivity (Wildman–Crippen MR) is 172 cm³/mol. The second kappa shape index (κ2) is 17.4. The average molecular weight is 587 g/mol. The van der Waals surface area contributed by atoms with Crippen LogP contribution in [0.1, 0.15) is 106 Å². The van der Waals surface area contributed by atoms with E-state index in [1.807, 2.05) is 55.5 Å². The van der Waals surface area contributed by atoms with Gasteiger partial charge in [-0.1, -0.05) is 114 Å². The van der Waals surface area contributed by atoms with Gasteiger partial charge in [-0.05, 0) is 60.2 Å². The Morgan fingerprint density at radius 1 is 0.721 bits per heavy atom. The highest BCUT2D eigenvalue weighted by Crippen LogP contribution is 2.31. The Labute approximate surface area is 256 Å². The number of hydrogen-bond acceptors (Lipinski definition) is 5. The van der Waals surface area contributed by atoms with E-state index in [-0.39, 0.29) is 23.0 Å². The second-order valence-electron chi connectivity index (χ2n) is 11.3. The number of Topliss-reactive ketones (excluding diaryl/α,β-unsaturated/α-hetero) is 1. The Morgan fingerprint density at radius 3 is 1.91 bits per heavy atom. The van der Waals surface area contributed by atoms with Gasteiger partial charge in [0.05, 0.1) is 5.56 Å². The van der Waals surface area contributed by atoms with Gasteiger partial charge in [0.25, 0.3) is 0 Å². The van der Waals surface area contributed by atoms with Crippen LogP contribution in [-0.2, 0) is 9.53 Å². The molecule has 0 aliphatic heterocycles. The zero-order chi connectivity index (χ0) is 31.2. The van der Waals surface area contributed by atoms with Gasteiger partial charge in [0.2, 0.25) is 0 Å². The summed E-state index contributed by atoms with van der Waals surface area (Å²) in [6.45, 7) is 8.47. The van der Waals surface area contributed by atoms with Crippen molar-refractivity contribution in [2.75, 3.05) is 6.61 Å². The molecule has 0 saturated carbocycles. The van der Waals surface area contributed by atoms with Crippen LogP contribution in [0.25, 0.3) is 22.3 Å². The van der Waals surface area contributed by atoms with E-state index in [1.165, 1.54) is 31.4 Å². The van der Waals surface area contributed by atoms with E-state index in [4.69, 9.17) is 9.47 Å². The largest absolute Gasteiger partial charge is 0.478 e. The van der Waals surface area contributed by atoms with E-state index < -0.39 is 18.0 Å². The topological polar surface area (TPSA) is 89.9 Å². The number of aromatic carboxylic acids is 1. The predicted octanol–water partition coefficient (Wildman–Crippen LogP) is 9.40. The lowest BCUT2D eigenvalue weighted by Crippen LogP contribution is -2.26. The fourth-order valence-corrected chi connectivity index (χ4v) is 5.03. The Morgan fingerprint density at radius 2 is 1.30 bits per heavy atom. The van der Waals surface area contributed by atoms with Gasteiger partial charge in [-0.2, -0.15) is 0 Å². The van der Waals surface area contributed by atoms with Gasteiger partial charge in [-0.25, -0.2) is 9.59 Å². The lowest BCUT2D eigenvalue weighted by molar-refractivity contribution is -0.146. The molecule has 230 valence electrons. The zero-order valence-electron chi connectivity index (χ0n) is 26.1. The first-order valence-corrected chi connectivity index (χ1v) is 15.7. The van der Waals surface area contributed by atoms with Crippen molar-refractivity contribution < 1.29 is 29.0 Å². The van der Waals surface area contributed by atoms with E-state index in [0.29, 0.717) is 17.7 Å². The first-order chi connectivity index (χ1) is 20.7. The molecule has 0 saturated heterocycles. The average Bonchev–Trinajstić information content (AvgIpc) is 3.02. The molecular formula is C37H46O6. The van der Waals surface area contributed by atoms with Gasteiger partial charge in [0.1, 0.15) is 5.75 Å². The summed E-state index contributed by atoms with van der Waals surface area (Å²) < 4.78 is 11.2. The Kier molecular flexibility index (Phi) is 13.6. The molecule has 3 rings (SSSR count). The summed E-state index contributed by atoms with van der Waals surface area (Å²) in [5.74, 6) is -1.15. The number of esters is 1. The maximum absolute atomic E-state index is 12.9. The molecule has 6 heteroatoms. The van der Waals surface area contributed by atoms with Crippen molar-refractivity contribution in [3.05, 3.63) is 77.9 Å². The number of carboxylic acid groups (broad SMARTS) is 1. The summed E-state index contributed by atoms with van der Waals surface area (Å²) in [6.07, 6.45) is 9.02. The summed E-state index contributed by atoms with van der Waals surface area (Å²) in [5, 5.41) is 9.81. The van der Waals surface area contributed by atoms with Gasteiger partial charge in [-0.3, -0.25) is 4.79 Å². The number of carbonyl (C=O) groups is 3. The maximum Gasteiger partial charge on any atom is 0.340 e. The third kappa shape index (κ3) is 10.2. The molecule has 0 spiro atoms. The molecule has 0 radical (unpaired) electrons. The third-order valence-electron chi connectivity index (χ3n) is 7.77. The van der Waals surface area contributed by atoms with Crippen LogP contribution in [-0.4, -0.2) is 35.5 Å². The van der Waals surface area contributed by atoms with Gasteiger partial charge >= 0.3 is 11.9 Å². The number of benzene rings is 3. The number of hydrogen-bond donors (Lipinski definition) is 1. The standard InChI is InChI=1S/C37H46O6/c1-5-7-9-11-13-26(3)35(38)31-20-16-29(17-21-31)28-14-18-30(19-15-28)34-25-32(22-23-33(34)36(39)40)43-37(41)27(4)42-24-12-10-8-6-2/h14-23,25-27H,5-13,24H2,1-4H3,(H,39,40)/t26-,27+/m1/s1. The zero-order valence-corrected chi connectivity index (χ0v) is 26.1. The second-order valence-corrected chi connectivity index (χ2v) is 11.3. The summed E-state index contributed by atoms with van der Waals surface area (Å²) >= 11 is 0. The molecule has 1 N–H and O–H groups in total. The summed E-state index contributed by atoms with van der Waals surface area (Å²) in [6, 6.07) is 19.7. The molecule has 0 aliphatic carbocycles. The van der Waals surface area contributed by atoms with Crippen LogP contribution in [0.15, 0.2) is 66.7 Å². The van der Waals surface area contributed by atoms with Crippen molar-refractivity contribution >= 4 is 17.7 Å². The SMILES string of the molecule is CCCCCCO[C@@H](C)C(=O)Oc1ccc(C(=O)O)c(-c2ccc(-c3ccc(C(=O)[C@H](C)CCCCCC)cc3)cc2)c1. The molecule has 0 amide bonds. The van der Waals surface area contributed by atoms with Crippen LogP contribution in [0.5, 0.6) is 5.75 Å². The molecule has 0 bridgehead atoms. The van der Waals surface area contributed by atoms with Crippen molar-refractivity contribution in [1.82, 2.24) is 0 Å². The van der Waals surface area contributed by atoms with Gasteiger partial charge in [0.15, 0.2) is 11.9 Å². The highest BCUT2D eigenvalue weighted by molar-refractivity contribution is 5.98. The highest BCUT2D eigenvalue weighted by atomic mass is 16.6. The lowest BCUT2D eigenvalue weighted by atomic mass is 9.92. The molecule has 0 fully saturated rings. The van der Waals surface area contributed by atoms with Crippen LogP contribution < -0.4 is 4.74 Å². The van der Waals surface area contributed by atoms with Crippen LogP contribution in [0.3, 0.4) is 0 Å². The molecule has 3 aromatic carbocycles. The molecule has 0 heterocycles. The molecule has 0 aromatic heterocycles.